The number of amides is 1. The predicted molar refractivity (Wildman–Crippen MR) is 68.6 cm³/mol. The summed E-state index contributed by atoms with van der Waals surface area (Å²) < 4.78 is 5.49. The number of ether oxygens (including phenoxy) is 1. The normalized spacial score (nSPS) is 33.3. The molecule has 20 heavy (non-hydrogen) atoms. The molecular formula is C11H20N4O5. The van der Waals surface area contributed by atoms with Crippen LogP contribution in [0.3, 0.4) is 0 Å². The SMILES string of the molecule is CC(=O)NC1[C@@H](O)[C@@H](O)C(CO)C[C@H]1OCCN=[N+]=[N-]. The first-order valence-corrected chi connectivity index (χ1v) is 6.37. The van der Waals surface area contributed by atoms with Gasteiger partial charge in [0, 0.05) is 30.9 Å². The maximum atomic E-state index is 11.2. The van der Waals surface area contributed by atoms with Crippen LogP contribution in [0.15, 0.2) is 5.11 Å². The van der Waals surface area contributed by atoms with E-state index in [9.17, 15) is 20.1 Å². The van der Waals surface area contributed by atoms with Crippen LogP contribution in [0.25, 0.3) is 10.4 Å². The monoisotopic (exact) mass is 288 g/mol. The zero-order valence-electron chi connectivity index (χ0n) is 11.2. The molecule has 9 nitrogen and oxygen atoms in total. The van der Waals surface area contributed by atoms with Gasteiger partial charge in [-0.05, 0) is 12.0 Å². The van der Waals surface area contributed by atoms with Gasteiger partial charge in [0.1, 0.15) is 6.10 Å². The van der Waals surface area contributed by atoms with Gasteiger partial charge in [0.05, 0.1) is 24.9 Å². The van der Waals surface area contributed by atoms with E-state index in [1.807, 2.05) is 0 Å². The molecule has 0 aromatic carbocycles. The molecule has 0 aliphatic heterocycles. The second-order valence-corrected chi connectivity index (χ2v) is 4.75. The smallest absolute Gasteiger partial charge is 0.217 e. The minimum Gasteiger partial charge on any atom is -0.396 e. The van der Waals surface area contributed by atoms with Crippen LogP contribution in [0.2, 0.25) is 0 Å². The Hall–Kier alpha value is -1.38. The first-order valence-electron chi connectivity index (χ1n) is 6.37. The van der Waals surface area contributed by atoms with Crippen molar-refractivity contribution in [1.29, 1.82) is 0 Å². The Morgan fingerprint density at radius 2 is 2.20 bits per heavy atom. The average molecular weight is 288 g/mol. The summed E-state index contributed by atoms with van der Waals surface area (Å²) in [5.41, 5.74) is 8.17. The van der Waals surface area contributed by atoms with E-state index in [-0.39, 0.29) is 32.1 Å². The van der Waals surface area contributed by atoms with Gasteiger partial charge in [-0.3, -0.25) is 4.79 Å². The Bertz CT molecular complexity index is 374. The van der Waals surface area contributed by atoms with Crippen molar-refractivity contribution in [3.63, 3.8) is 0 Å². The molecule has 4 N–H and O–H groups in total. The molecule has 1 amide bonds. The molecule has 1 saturated carbocycles. The number of carbonyl (C=O) groups is 1. The summed E-state index contributed by atoms with van der Waals surface area (Å²) in [6.07, 6.45) is -2.64. The van der Waals surface area contributed by atoms with Gasteiger partial charge >= 0.3 is 0 Å². The number of nitrogens with zero attached hydrogens (tertiary/aromatic N) is 3. The molecule has 0 bridgehead atoms. The molecule has 1 aliphatic rings. The fourth-order valence-electron chi connectivity index (χ4n) is 2.35. The third kappa shape index (κ3) is 4.32. The van der Waals surface area contributed by atoms with E-state index in [2.05, 4.69) is 15.3 Å². The van der Waals surface area contributed by atoms with Gasteiger partial charge < -0.3 is 25.4 Å². The van der Waals surface area contributed by atoms with Crippen molar-refractivity contribution in [3.05, 3.63) is 10.4 Å². The van der Waals surface area contributed by atoms with Crippen LogP contribution < -0.4 is 5.32 Å². The molecule has 9 heteroatoms. The van der Waals surface area contributed by atoms with Gasteiger partial charge in [0.25, 0.3) is 0 Å². The molecule has 1 fully saturated rings. The quantitative estimate of drug-likeness (QED) is 0.212. The van der Waals surface area contributed by atoms with Crippen LogP contribution in [0, 0.1) is 5.92 Å². The minimum absolute atomic E-state index is 0.127. The van der Waals surface area contributed by atoms with Gasteiger partial charge in [-0.2, -0.15) is 0 Å². The van der Waals surface area contributed by atoms with Crippen molar-refractivity contribution in [2.45, 2.75) is 37.7 Å². The number of rotatable bonds is 6. The summed E-state index contributed by atoms with van der Waals surface area (Å²) in [7, 11) is 0. The summed E-state index contributed by atoms with van der Waals surface area (Å²) in [5, 5.41) is 34.9. The van der Waals surface area contributed by atoms with Crippen LogP contribution in [-0.4, -0.2) is 65.3 Å². The van der Waals surface area contributed by atoms with Crippen LogP contribution >= 0.6 is 0 Å². The average Bonchev–Trinajstić information content (AvgIpc) is 2.41. The molecule has 0 aromatic rings. The number of aliphatic hydroxyl groups is 3. The fourth-order valence-corrected chi connectivity index (χ4v) is 2.35. The first-order chi connectivity index (χ1) is 9.51. The maximum Gasteiger partial charge on any atom is 0.217 e. The van der Waals surface area contributed by atoms with Gasteiger partial charge in [-0.15, -0.1) is 0 Å². The largest absolute Gasteiger partial charge is 0.396 e. The Kier molecular flexibility index (Phi) is 6.69. The van der Waals surface area contributed by atoms with E-state index in [1.165, 1.54) is 6.92 Å². The van der Waals surface area contributed by atoms with Crippen molar-refractivity contribution in [1.82, 2.24) is 5.32 Å². The molecule has 2 unspecified atom stereocenters. The standard InChI is InChI=1S/C11H20N4O5/c1-6(17)14-9-8(20-3-2-13-15-12)4-7(5-16)10(18)11(9)19/h7-11,16,18-19H,2-5H2,1H3,(H,14,17)/t7?,8-,9?,10+,11-/m1/s1. The maximum absolute atomic E-state index is 11.2. The van der Waals surface area contributed by atoms with Crippen molar-refractivity contribution < 1.29 is 24.9 Å². The van der Waals surface area contributed by atoms with Crippen molar-refractivity contribution in [2.24, 2.45) is 11.0 Å². The molecule has 0 radical (unpaired) electrons. The zero-order chi connectivity index (χ0) is 15.1. The Balaban J connectivity index is 2.72. The van der Waals surface area contributed by atoms with Crippen LogP contribution in [-0.2, 0) is 9.53 Å². The third-order valence-electron chi connectivity index (χ3n) is 3.33. The second kappa shape index (κ2) is 8.03. The van der Waals surface area contributed by atoms with E-state index >= 15 is 0 Å². The molecule has 0 saturated heterocycles. The summed E-state index contributed by atoms with van der Waals surface area (Å²) in [6, 6.07) is -0.767. The van der Waals surface area contributed by atoms with Gasteiger partial charge in [-0.25, -0.2) is 0 Å². The van der Waals surface area contributed by atoms with Gasteiger partial charge in [0.15, 0.2) is 0 Å². The predicted octanol–water partition coefficient (Wildman–Crippen LogP) is -1.08. The molecule has 1 rings (SSSR count). The highest BCUT2D eigenvalue weighted by Crippen LogP contribution is 2.27. The lowest BCUT2D eigenvalue weighted by Gasteiger charge is -2.42. The van der Waals surface area contributed by atoms with Crippen LogP contribution in [0.4, 0.5) is 0 Å². The number of nitrogens with one attached hydrogen (secondary N) is 1. The number of hydrogen-bond acceptors (Lipinski definition) is 6. The summed E-state index contributed by atoms with van der Waals surface area (Å²) in [6.45, 7) is 1.27. The van der Waals surface area contributed by atoms with Crippen molar-refractivity contribution in [2.75, 3.05) is 19.8 Å². The highest BCUT2D eigenvalue weighted by atomic mass is 16.5. The van der Waals surface area contributed by atoms with E-state index in [4.69, 9.17) is 10.3 Å². The number of aliphatic hydroxyl groups excluding tert-OH is 3. The highest BCUT2D eigenvalue weighted by molar-refractivity contribution is 5.73. The summed E-state index contributed by atoms with van der Waals surface area (Å²) >= 11 is 0. The van der Waals surface area contributed by atoms with E-state index in [0.29, 0.717) is 0 Å². The Labute approximate surface area is 116 Å². The summed E-state index contributed by atoms with van der Waals surface area (Å²) in [4.78, 5) is 13.8. The lowest BCUT2D eigenvalue weighted by molar-refractivity contribution is -0.141. The van der Waals surface area contributed by atoms with Gasteiger partial charge in [-0.1, -0.05) is 5.11 Å². The Morgan fingerprint density at radius 1 is 1.50 bits per heavy atom. The van der Waals surface area contributed by atoms with Crippen LogP contribution in [0.5, 0.6) is 0 Å². The van der Waals surface area contributed by atoms with E-state index in [0.717, 1.165) is 0 Å². The third-order valence-corrected chi connectivity index (χ3v) is 3.33. The molecule has 114 valence electrons. The van der Waals surface area contributed by atoms with Crippen molar-refractivity contribution in [3.8, 4) is 0 Å². The molecule has 0 spiro atoms. The lowest BCUT2D eigenvalue weighted by atomic mass is 9.79. The molecule has 0 aromatic heterocycles. The summed E-state index contributed by atoms with van der Waals surface area (Å²) in [5.74, 6) is -0.883. The first kappa shape index (κ1) is 16.7. The number of carbonyl (C=O) groups excluding carboxylic acids is 1. The number of azide groups is 1. The van der Waals surface area contributed by atoms with E-state index < -0.39 is 30.3 Å². The van der Waals surface area contributed by atoms with Gasteiger partial charge in [0.2, 0.25) is 5.91 Å². The van der Waals surface area contributed by atoms with E-state index in [1.54, 1.807) is 0 Å². The fraction of sp³-hybridized carbons (Fsp3) is 0.909. The second-order valence-electron chi connectivity index (χ2n) is 4.75. The molecule has 5 atom stereocenters. The van der Waals surface area contributed by atoms with Crippen LogP contribution in [0.1, 0.15) is 13.3 Å². The molecule has 0 heterocycles. The number of hydrogen-bond donors (Lipinski definition) is 4. The zero-order valence-corrected chi connectivity index (χ0v) is 11.2. The molecule has 1 aliphatic carbocycles. The lowest BCUT2D eigenvalue weighted by Crippen LogP contribution is -2.61. The highest BCUT2D eigenvalue weighted by Gasteiger charge is 2.44. The topological polar surface area (TPSA) is 148 Å². The minimum atomic E-state index is -1.23. The van der Waals surface area contributed by atoms with Crippen molar-refractivity contribution >= 4 is 5.91 Å². The Morgan fingerprint density at radius 3 is 2.75 bits per heavy atom. The molecular weight excluding hydrogens is 268 g/mol.